The van der Waals surface area contributed by atoms with Gasteiger partial charge in [-0.05, 0) is 36.5 Å². The summed E-state index contributed by atoms with van der Waals surface area (Å²) in [4.78, 5) is 10.9. The molecule has 0 unspecified atom stereocenters. The maximum atomic E-state index is 10.9. The van der Waals surface area contributed by atoms with Crippen LogP contribution in [0.4, 0.5) is 0 Å². The van der Waals surface area contributed by atoms with E-state index in [-0.39, 0.29) is 6.04 Å². The standard InChI is InChI=1S/C11H13NO2/c12-10-6-2-3-7-8(10)4-1-5-9(7)11(13)14/h1,4-5,10H,2-3,6,12H2,(H,13,14)/t10-/m1/s1. The fourth-order valence-corrected chi connectivity index (χ4v) is 2.09. The number of benzene rings is 1. The molecule has 1 aromatic rings. The Morgan fingerprint density at radius 2 is 2.29 bits per heavy atom. The van der Waals surface area contributed by atoms with Gasteiger partial charge < -0.3 is 10.8 Å². The van der Waals surface area contributed by atoms with Crippen molar-refractivity contribution in [3.63, 3.8) is 0 Å². The summed E-state index contributed by atoms with van der Waals surface area (Å²) in [6.07, 6.45) is 2.78. The molecule has 74 valence electrons. The van der Waals surface area contributed by atoms with Crippen LogP contribution in [0, 0.1) is 0 Å². The van der Waals surface area contributed by atoms with E-state index in [9.17, 15) is 4.79 Å². The monoisotopic (exact) mass is 191 g/mol. The predicted octanol–water partition coefficient (Wildman–Crippen LogP) is 1.72. The lowest BCUT2D eigenvalue weighted by Gasteiger charge is -2.23. The van der Waals surface area contributed by atoms with E-state index in [2.05, 4.69) is 0 Å². The molecule has 0 aromatic heterocycles. The molecule has 2 rings (SSSR count). The second-order valence-corrected chi connectivity index (χ2v) is 3.68. The Bertz CT molecular complexity index is 374. The molecule has 1 aromatic carbocycles. The first-order chi connectivity index (χ1) is 6.70. The van der Waals surface area contributed by atoms with Crippen LogP contribution in [0.3, 0.4) is 0 Å². The van der Waals surface area contributed by atoms with E-state index in [0.29, 0.717) is 5.56 Å². The first-order valence-corrected chi connectivity index (χ1v) is 4.81. The van der Waals surface area contributed by atoms with Crippen molar-refractivity contribution in [2.75, 3.05) is 0 Å². The van der Waals surface area contributed by atoms with Gasteiger partial charge in [0.1, 0.15) is 0 Å². The van der Waals surface area contributed by atoms with E-state index in [1.165, 1.54) is 0 Å². The van der Waals surface area contributed by atoms with E-state index in [4.69, 9.17) is 10.8 Å². The predicted molar refractivity (Wildman–Crippen MR) is 53.3 cm³/mol. The molecule has 1 atom stereocenters. The number of nitrogens with two attached hydrogens (primary N) is 1. The molecule has 0 amide bonds. The van der Waals surface area contributed by atoms with Crippen LogP contribution in [0.2, 0.25) is 0 Å². The van der Waals surface area contributed by atoms with Crippen LogP contribution in [0.15, 0.2) is 18.2 Å². The number of carboxylic acids is 1. The molecule has 3 nitrogen and oxygen atoms in total. The van der Waals surface area contributed by atoms with Gasteiger partial charge in [0.25, 0.3) is 0 Å². The van der Waals surface area contributed by atoms with Crippen LogP contribution in [0.25, 0.3) is 0 Å². The van der Waals surface area contributed by atoms with Gasteiger partial charge in [-0.25, -0.2) is 4.79 Å². The summed E-state index contributed by atoms with van der Waals surface area (Å²) in [5, 5.41) is 8.99. The Kier molecular flexibility index (Phi) is 2.25. The Labute approximate surface area is 82.5 Å². The molecule has 0 radical (unpaired) electrons. The van der Waals surface area contributed by atoms with E-state index in [1.54, 1.807) is 12.1 Å². The average Bonchev–Trinajstić information content (AvgIpc) is 2.17. The summed E-state index contributed by atoms with van der Waals surface area (Å²) in [7, 11) is 0. The first kappa shape index (κ1) is 9.21. The molecular weight excluding hydrogens is 178 g/mol. The summed E-state index contributed by atoms with van der Waals surface area (Å²) in [6, 6.07) is 5.37. The molecule has 3 N–H and O–H groups in total. The van der Waals surface area contributed by atoms with Gasteiger partial charge in [0, 0.05) is 6.04 Å². The molecular formula is C11H13NO2. The summed E-state index contributed by atoms with van der Waals surface area (Å²) >= 11 is 0. The number of carboxylic acid groups (broad SMARTS) is 1. The zero-order chi connectivity index (χ0) is 10.1. The van der Waals surface area contributed by atoms with Crippen molar-refractivity contribution in [2.24, 2.45) is 5.73 Å². The van der Waals surface area contributed by atoms with Crippen molar-refractivity contribution < 1.29 is 9.90 Å². The van der Waals surface area contributed by atoms with E-state index in [1.807, 2.05) is 6.07 Å². The smallest absolute Gasteiger partial charge is 0.335 e. The van der Waals surface area contributed by atoms with Crippen molar-refractivity contribution in [3.8, 4) is 0 Å². The molecule has 1 aliphatic rings. The van der Waals surface area contributed by atoms with Crippen LogP contribution in [-0.2, 0) is 6.42 Å². The highest BCUT2D eigenvalue weighted by Gasteiger charge is 2.21. The molecule has 14 heavy (non-hydrogen) atoms. The summed E-state index contributed by atoms with van der Waals surface area (Å²) in [5.41, 5.74) is 8.28. The summed E-state index contributed by atoms with van der Waals surface area (Å²) < 4.78 is 0. The quantitative estimate of drug-likeness (QED) is 0.710. The van der Waals surface area contributed by atoms with Crippen LogP contribution >= 0.6 is 0 Å². The number of hydrogen-bond donors (Lipinski definition) is 2. The van der Waals surface area contributed by atoms with Crippen molar-refractivity contribution in [1.82, 2.24) is 0 Å². The number of aromatic carboxylic acids is 1. The Hall–Kier alpha value is -1.35. The topological polar surface area (TPSA) is 63.3 Å². The molecule has 0 heterocycles. The molecule has 0 aliphatic heterocycles. The Morgan fingerprint density at radius 3 is 3.00 bits per heavy atom. The third kappa shape index (κ3) is 1.40. The lowest BCUT2D eigenvalue weighted by molar-refractivity contribution is 0.0695. The first-order valence-electron chi connectivity index (χ1n) is 4.81. The number of hydrogen-bond acceptors (Lipinski definition) is 2. The van der Waals surface area contributed by atoms with Gasteiger partial charge in [-0.3, -0.25) is 0 Å². The van der Waals surface area contributed by atoms with Gasteiger partial charge in [-0.1, -0.05) is 12.1 Å². The second kappa shape index (κ2) is 3.42. The third-order valence-electron chi connectivity index (χ3n) is 2.78. The zero-order valence-corrected chi connectivity index (χ0v) is 7.86. The van der Waals surface area contributed by atoms with Gasteiger partial charge in [0.05, 0.1) is 5.56 Å². The lowest BCUT2D eigenvalue weighted by atomic mass is 9.85. The van der Waals surface area contributed by atoms with Gasteiger partial charge in [0.2, 0.25) is 0 Å². The zero-order valence-electron chi connectivity index (χ0n) is 7.86. The van der Waals surface area contributed by atoms with Crippen LogP contribution in [0.1, 0.15) is 40.4 Å². The van der Waals surface area contributed by atoms with Crippen molar-refractivity contribution in [1.29, 1.82) is 0 Å². The molecule has 3 heteroatoms. The lowest BCUT2D eigenvalue weighted by Crippen LogP contribution is -2.19. The van der Waals surface area contributed by atoms with Crippen LogP contribution in [-0.4, -0.2) is 11.1 Å². The Balaban J connectivity index is 2.55. The van der Waals surface area contributed by atoms with E-state index < -0.39 is 5.97 Å². The molecule has 0 spiro atoms. The minimum Gasteiger partial charge on any atom is -0.478 e. The normalized spacial score (nSPS) is 20.2. The van der Waals surface area contributed by atoms with Crippen molar-refractivity contribution in [3.05, 3.63) is 34.9 Å². The van der Waals surface area contributed by atoms with Crippen molar-refractivity contribution in [2.45, 2.75) is 25.3 Å². The molecule has 0 saturated heterocycles. The SMILES string of the molecule is N[C@@H]1CCCc2c(C(=O)O)cccc21. The third-order valence-corrected chi connectivity index (χ3v) is 2.78. The van der Waals surface area contributed by atoms with Gasteiger partial charge in [-0.2, -0.15) is 0 Å². The fraction of sp³-hybridized carbons (Fsp3) is 0.364. The summed E-state index contributed by atoms with van der Waals surface area (Å²) in [6.45, 7) is 0. The van der Waals surface area contributed by atoms with Gasteiger partial charge >= 0.3 is 5.97 Å². The number of rotatable bonds is 1. The summed E-state index contributed by atoms with van der Waals surface area (Å²) in [5.74, 6) is -0.851. The second-order valence-electron chi connectivity index (χ2n) is 3.68. The van der Waals surface area contributed by atoms with Crippen LogP contribution in [0.5, 0.6) is 0 Å². The average molecular weight is 191 g/mol. The highest BCUT2D eigenvalue weighted by atomic mass is 16.4. The molecule has 0 fully saturated rings. The van der Waals surface area contributed by atoms with Crippen LogP contribution < -0.4 is 5.73 Å². The highest BCUT2D eigenvalue weighted by molar-refractivity contribution is 5.90. The Morgan fingerprint density at radius 1 is 1.50 bits per heavy atom. The minimum atomic E-state index is -0.851. The maximum absolute atomic E-state index is 10.9. The fourth-order valence-electron chi connectivity index (χ4n) is 2.09. The van der Waals surface area contributed by atoms with E-state index in [0.717, 1.165) is 30.4 Å². The van der Waals surface area contributed by atoms with Gasteiger partial charge in [0.15, 0.2) is 0 Å². The maximum Gasteiger partial charge on any atom is 0.335 e. The molecule has 1 aliphatic carbocycles. The molecule has 0 saturated carbocycles. The highest BCUT2D eigenvalue weighted by Crippen LogP contribution is 2.29. The van der Waals surface area contributed by atoms with Crippen molar-refractivity contribution >= 4 is 5.97 Å². The van der Waals surface area contributed by atoms with E-state index >= 15 is 0 Å². The van der Waals surface area contributed by atoms with Gasteiger partial charge in [-0.15, -0.1) is 0 Å². The largest absolute Gasteiger partial charge is 0.478 e. The molecule has 0 bridgehead atoms. The minimum absolute atomic E-state index is 0.0121. The number of fused-ring (bicyclic) bond motifs is 1. The number of carbonyl (C=O) groups is 1.